The zero-order chi connectivity index (χ0) is 19.5. The van der Waals surface area contributed by atoms with Crippen LogP contribution in [-0.2, 0) is 25.7 Å². The summed E-state index contributed by atoms with van der Waals surface area (Å²) in [6.45, 7) is 3.82. The van der Waals surface area contributed by atoms with E-state index in [0.717, 1.165) is 18.4 Å². The summed E-state index contributed by atoms with van der Waals surface area (Å²) >= 11 is 0. The SMILES string of the molecule is O=C1C[C@H](C(=O)N2CCN(C(=O)[C@H]3CCCO3)CC2)CN1Cc1ccccc1. The smallest absolute Gasteiger partial charge is 0.251 e. The molecule has 0 saturated carbocycles. The van der Waals surface area contributed by atoms with Crippen LogP contribution in [0.4, 0.5) is 0 Å². The molecule has 0 unspecified atom stereocenters. The Hall–Kier alpha value is -2.41. The Balaban J connectivity index is 1.28. The van der Waals surface area contributed by atoms with Crippen LogP contribution in [0.2, 0.25) is 0 Å². The van der Waals surface area contributed by atoms with Gasteiger partial charge in [0.25, 0.3) is 5.91 Å². The lowest BCUT2D eigenvalue weighted by atomic mass is 10.1. The van der Waals surface area contributed by atoms with Crippen LogP contribution in [0, 0.1) is 5.92 Å². The number of ether oxygens (including phenoxy) is 1. The number of carbonyl (C=O) groups is 3. The van der Waals surface area contributed by atoms with E-state index in [1.807, 2.05) is 35.2 Å². The van der Waals surface area contributed by atoms with Gasteiger partial charge in [-0.1, -0.05) is 30.3 Å². The summed E-state index contributed by atoms with van der Waals surface area (Å²) in [4.78, 5) is 43.1. The van der Waals surface area contributed by atoms with Crippen molar-refractivity contribution in [2.24, 2.45) is 5.92 Å². The van der Waals surface area contributed by atoms with Crippen LogP contribution in [-0.4, -0.2) is 77.9 Å². The summed E-state index contributed by atoms with van der Waals surface area (Å²) in [5.74, 6) is -0.158. The fourth-order valence-corrected chi connectivity index (χ4v) is 4.28. The van der Waals surface area contributed by atoms with Gasteiger partial charge in [0.2, 0.25) is 11.8 Å². The van der Waals surface area contributed by atoms with Crippen LogP contribution < -0.4 is 0 Å². The number of benzene rings is 1. The predicted molar refractivity (Wildman–Crippen MR) is 102 cm³/mol. The van der Waals surface area contributed by atoms with E-state index in [1.165, 1.54) is 0 Å². The second-order valence-corrected chi connectivity index (χ2v) is 7.81. The minimum absolute atomic E-state index is 0.0353. The lowest BCUT2D eigenvalue weighted by Crippen LogP contribution is -2.54. The summed E-state index contributed by atoms with van der Waals surface area (Å²) in [7, 11) is 0. The monoisotopic (exact) mass is 385 g/mol. The Morgan fingerprint density at radius 3 is 2.32 bits per heavy atom. The average molecular weight is 385 g/mol. The van der Waals surface area contributed by atoms with E-state index in [1.54, 1.807) is 9.80 Å². The molecule has 7 nitrogen and oxygen atoms in total. The van der Waals surface area contributed by atoms with Gasteiger partial charge in [0.05, 0.1) is 5.92 Å². The predicted octanol–water partition coefficient (Wildman–Crippen LogP) is 0.885. The molecule has 150 valence electrons. The van der Waals surface area contributed by atoms with E-state index in [9.17, 15) is 14.4 Å². The van der Waals surface area contributed by atoms with Gasteiger partial charge in [-0.3, -0.25) is 14.4 Å². The summed E-state index contributed by atoms with van der Waals surface area (Å²) in [5.41, 5.74) is 1.07. The zero-order valence-corrected chi connectivity index (χ0v) is 16.1. The highest BCUT2D eigenvalue weighted by Crippen LogP contribution is 2.23. The maximum absolute atomic E-state index is 12.9. The van der Waals surface area contributed by atoms with Gasteiger partial charge < -0.3 is 19.4 Å². The summed E-state index contributed by atoms with van der Waals surface area (Å²) in [6.07, 6.45) is 1.70. The lowest BCUT2D eigenvalue weighted by Gasteiger charge is -2.36. The third-order valence-corrected chi connectivity index (χ3v) is 5.89. The minimum Gasteiger partial charge on any atom is -0.368 e. The van der Waals surface area contributed by atoms with E-state index in [0.29, 0.717) is 45.9 Å². The normalized spacial score (nSPS) is 25.4. The highest BCUT2D eigenvalue weighted by Gasteiger charge is 2.38. The third kappa shape index (κ3) is 4.04. The quantitative estimate of drug-likeness (QED) is 0.772. The van der Waals surface area contributed by atoms with Crippen molar-refractivity contribution in [1.29, 1.82) is 0 Å². The van der Waals surface area contributed by atoms with E-state index < -0.39 is 0 Å². The Labute approximate surface area is 165 Å². The molecule has 0 aliphatic carbocycles. The molecule has 3 aliphatic heterocycles. The topological polar surface area (TPSA) is 70.2 Å². The van der Waals surface area contributed by atoms with Gasteiger partial charge >= 0.3 is 0 Å². The standard InChI is InChI=1S/C21H27N3O4/c25-19-13-17(15-24(19)14-16-5-2-1-3-6-16)20(26)22-8-10-23(11-9-22)21(27)18-7-4-12-28-18/h1-3,5-6,17-18H,4,7-15H2/t17-,18+/m0/s1. The van der Waals surface area contributed by atoms with E-state index in [4.69, 9.17) is 4.74 Å². The van der Waals surface area contributed by atoms with Gasteiger partial charge in [0, 0.05) is 52.3 Å². The summed E-state index contributed by atoms with van der Waals surface area (Å²) < 4.78 is 5.48. The van der Waals surface area contributed by atoms with Crippen LogP contribution in [0.3, 0.4) is 0 Å². The Bertz CT molecular complexity index is 724. The van der Waals surface area contributed by atoms with Crippen molar-refractivity contribution in [3.8, 4) is 0 Å². The fourth-order valence-electron chi connectivity index (χ4n) is 4.28. The molecule has 0 spiro atoms. The molecule has 0 radical (unpaired) electrons. The van der Waals surface area contributed by atoms with Gasteiger partial charge in [-0.05, 0) is 18.4 Å². The first-order chi connectivity index (χ1) is 13.6. The van der Waals surface area contributed by atoms with Crippen molar-refractivity contribution in [1.82, 2.24) is 14.7 Å². The van der Waals surface area contributed by atoms with Crippen molar-refractivity contribution >= 4 is 17.7 Å². The van der Waals surface area contributed by atoms with E-state index in [2.05, 4.69) is 0 Å². The number of likely N-dealkylation sites (tertiary alicyclic amines) is 1. The zero-order valence-electron chi connectivity index (χ0n) is 16.1. The highest BCUT2D eigenvalue weighted by atomic mass is 16.5. The first-order valence-corrected chi connectivity index (χ1v) is 10.1. The number of piperazine rings is 1. The van der Waals surface area contributed by atoms with Crippen molar-refractivity contribution < 1.29 is 19.1 Å². The molecule has 0 N–H and O–H groups in total. The average Bonchev–Trinajstić information content (AvgIpc) is 3.38. The number of rotatable bonds is 4. The van der Waals surface area contributed by atoms with Gasteiger partial charge in [-0.2, -0.15) is 0 Å². The van der Waals surface area contributed by atoms with E-state index in [-0.39, 0.29) is 36.2 Å². The Kier molecular flexibility index (Phi) is 5.62. The Morgan fingerprint density at radius 2 is 1.68 bits per heavy atom. The molecule has 7 heteroatoms. The minimum atomic E-state index is -0.304. The molecule has 3 saturated heterocycles. The number of nitrogens with zero attached hydrogens (tertiary/aromatic N) is 3. The second kappa shape index (κ2) is 8.31. The molecule has 3 heterocycles. The number of hydrogen-bond donors (Lipinski definition) is 0. The van der Waals surface area contributed by atoms with Crippen LogP contribution >= 0.6 is 0 Å². The van der Waals surface area contributed by atoms with Crippen molar-refractivity contribution in [3.63, 3.8) is 0 Å². The molecule has 28 heavy (non-hydrogen) atoms. The van der Waals surface area contributed by atoms with Crippen molar-refractivity contribution in [2.45, 2.75) is 31.9 Å². The number of hydrogen-bond acceptors (Lipinski definition) is 4. The largest absolute Gasteiger partial charge is 0.368 e. The molecule has 4 rings (SSSR count). The molecule has 2 atom stereocenters. The van der Waals surface area contributed by atoms with Gasteiger partial charge in [0.1, 0.15) is 6.10 Å². The lowest BCUT2D eigenvalue weighted by molar-refractivity contribution is -0.147. The number of carbonyl (C=O) groups excluding carboxylic acids is 3. The highest BCUT2D eigenvalue weighted by molar-refractivity contribution is 5.89. The van der Waals surface area contributed by atoms with Crippen LogP contribution in [0.15, 0.2) is 30.3 Å². The van der Waals surface area contributed by atoms with Crippen LogP contribution in [0.25, 0.3) is 0 Å². The second-order valence-electron chi connectivity index (χ2n) is 7.81. The summed E-state index contributed by atoms with van der Waals surface area (Å²) in [6, 6.07) is 9.84. The molecular formula is C21H27N3O4. The molecule has 1 aromatic carbocycles. The Morgan fingerprint density at radius 1 is 1.00 bits per heavy atom. The first kappa shape index (κ1) is 18.9. The maximum atomic E-state index is 12.9. The fraction of sp³-hybridized carbons (Fsp3) is 0.571. The van der Waals surface area contributed by atoms with Crippen molar-refractivity contribution in [3.05, 3.63) is 35.9 Å². The van der Waals surface area contributed by atoms with Crippen molar-refractivity contribution in [2.75, 3.05) is 39.3 Å². The molecule has 1 aromatic rings. The maximum Gasteiger partial charge on any atom is 0.251 e. The van der Waals surface area contributed by atoms with Gasteiger partial charge in [0.15, 0.2) is 0 Å². The van der Waals surface area contributed by atoms with E-state index >= 15 is 0 Å². The van der Waals surface area contributed by atoms with Gasteiger partial charge in [-0.15, -0.1) is 0 Å². The molecule has 3 amide bonds. The first-order valence-electron chi connectivity index (χ1n) is 10.1. The molecule has 3 fully saturated rings. The van der Waals surface area contributed by atoms with Crippen LogP contribution in [0.1, 0.15) is 24.8 Å². The molecule has 3 aliphatic rings. The number of amides is 3. The van der Waals surface area contributed by atoms with Crippen LogP contribution in [0.5, 0.6) is 0 Å². The molecule has 0 aromatic heterocycles. The third-order valence-electron chi connectivity index (χ3n) is 5.89. The summed E-state index contributed by atoms with van der Waals surface area (Å²) in [5, 5.41) is 0. The molecular weight excluding hydrogens is 358 g/mol. The van der Waals surface area contributed by atoms with Gasteiger partial charge in [-0.25, -0.2) is 0 Å². The molecule has 0 bridgehead atoms.